The molecule has 2 rings (SSSR count). The lowest BCUT2D eigenvalue weighted by molar-refractivity contribution is 0.239. The molecule has 19 heavy (non-hydrogen) atoms. The maximum absolute atomic E-state index is 11.6. The number of sulfonamides is 1. The van der Waals surface area contributed by atoms with Crippen molar-refractivity contribution in [1.82, 2.24) is 19.6 Å². The molecule has 2 heterocycles. The third-order valence-corrected chi connectivity index (χ3v) is 4.99. The van der Waals surface area contributed by atoms with Crippen molar-refractivity contribution in [2.75, 3.05) is 26.4 Å². The monoisotopic (exact) mass is 286 g/mol. The van der Waals surface area contributed by atoms with Crippen LogP contribution in [0.1, 0.15) is 31.1 Å². The summed E-state index contributed by atoms with van der Waals surface area (Å²) >= 11 is 0. The van der Waals surface area contributed by atoms with Crippen LogP contribution >= 0.6 is 0 Å². The van der Waals surface area contributed by atoms with Gasteiger partial charge >= 0.3 is 0 Å². The number of aromatic amines is 1. The summed E-state index contributed by atoms with van der Waals surface area (Å²) in [6.07, 6.45) is 7.75. The summed E-state index contributed by atoms with van der Waals surface area (Å²) in [4.78, 5) is 7.38. The van der Waals surface area contributed by atoms with Crippen molar-refractivity contribution in [3.63, 3.8) is 0 Å². The van der Waals surface area contributed by atoms with E-state index in [4.69, 9.17) is 0 Å². The molecule has 2 atom stereocenters. The van der Waals surface area contributed by atoms with Crippen molar-refractivity contribution in [2.45, 2.75) is 25.3 Å². The second kappa shape index (κ2) is 6.02. The lowest BCUT2D eigenvalue weighted by Gasteiger charge is -2.32. The van der Waals surface area contributed by atoms with E-state index in [-0.39, 0.29) is 6.04 Å². The number of H-pyrrole nitrogens is 1. The SMILES string of the molecule is CNC(CC1CCCN(S(C)(=O)=O)C1)c1ncc[nH]1. The summed E-state index contributed by atoms with van der Waals surface area (Å²) in [5.41, 5.74) is 0. The highest BCUT2D eigenvalue weighted by Crippen LogP contribution is 2.26. The van der Waals surface area contributed by atoms with Crippen LogP contribution in [-0.2, 0) is 10.0 Å². The van der Waals surface area contributed by atoms with Crippen molar-refractivity contribution < 1.29 is 8.42 Å². The van der Waals surface area contributed by atoms with E-state index in [0.717, 1.165) is 25.1 Å². The highest BCUT2D eigenvalue weighted by atomic mass is 32.2. The first-order valence-electron chi connectivity index (χ1n) is 6.62. The van der Waals surface area contributed by atoms with Gasteiger partial charge in [-0.25, -0.2) is 17.7 Å². The molecular formula is C12H22N4O2S. The van der Waals surface area contributed by atoms with Crippen molar-refractivity contribution in [1.29, 1.82) is 0 Å². The van der Waals surface area contributed by atoms with Gasteiger partial charge in [0.2, 0.25) is 10.0 Å². The van der Waals surface area contributed by atoms with Gasteiger partial charge in [0.1, 0.15) is 5.82 Å². The second-order valence-electron chi connectivity index (χ2n) is 5.18. The highest BCUT2D eigenvalue weighted by Gasteiger charge is 2.28. The van der Waals surface area contributed by atoms with E-state index in [0.29, 0.717) is 19.0 Å². The summed E-state index contributed by atoms with van der Waals surface area (Å²) in [6.45, 7) is 1.28. The minimum Gasteiger partial charge on any atom is -0.347 e. The molecule has 0 aromatic carbocycles. The maximum atomic E-state index is 11.6. The Morgan fingerprint density at radius 2 is 2.42 bits per heavy atom. The van der Waals surface area contributed by atoms with Gasteiger partial charge in [-0.3, -0.25) is 0 Å². The molecular weight excluding hydrogens is 264 g/mol. The Labute approximate surface area is 114 Å². The van der Waals surface area contributed by atoms with Crippen LogP contribution in [0.4, 0.5) is 0 Å². The van der Waals surface area contributed by atoms with E-state index in [1.54, 1.807) is 10.5 Å². The van der Waals surface area contributed by atoms with Crippen molar-refractivity contribution in [3.8, 4) is 0 Å². The van der Waals surface area contributed by atoms with Crippen LogP contribution in [0.3, 0.4) is 0 Å². The molecule has 0 amide bonds. The summed E-state index contributed by atoms with van der Waals surface area (Å²) in [7, 11) is -1.16. The molecule has 1 saturated heterocycles. The van der Waals surface area contributed by atoms with Crippen LogP contribution in [0.15, 0.2) is 12.4 Å². The smallest absolute Gasteiger partial charge is 0.211 e. The fourth-order valence-electron chi connectivity index (χ4n) is 2.69. The lowest BCUT2D eigenvalue weighted by atomic mass is 9.92. The predicted octanol–water partition coefficient (Wildman–Crippen LogP) is 0.732. The molecule has 1 aromatic heterocycles. The van der Waals surface area contributed by atoms with Crippen molar-refractivity contribution in [2.24, 2.45) is 5.92 Å². The molecule has 0 aliphatic carbocycles. The molecule has 6 nitrogen and oxygen atoms in total. The zero-order valence-electron chi connectivity index (χ0n) is 11.5. The molecule has 1 aromatic rings. The fourth-order valence-corrected chi connectivity index (χ4v) is 3.63. The molecule has 1 aliphatic rings. The molecule has 0 spiro atoms. The lowest BCUT2D eigenvalue weighted by Crippen LogP contribution is -2.40. The molecule has 2 N–H and O–H groups in total. The van der Waals surface area contributed by atoms with E-state index >= 15 is 0 Å². The Morgan fingerprint density at radius 1 is 1.63 bits per heavy atom. The standard InChI is InChI=1S/C12H22N4O2S/c1-13-11(12-14-5-6-15-12)8-10-4-3-7-16(9-10)19(2,17)18/h5-6,10-11,13H,3-4,7-9H2,1-2H3,(H,14,15). The van der Waals surface area contributed by atoms with Gasteiger partial charge in [-0.15, -0.1) is 0 Å². The Balaban J connectivity index is 1.98. The number of hydrogen-bond donors (Lipinski definition) is 2. The first-order chi connectivity index (χ1) is 9.00. The summed E-state index contributed by atoms with van der Waals surface area (Å²) in [5, 5.41) is 3.24. The molecule has 0 radical (unpaired) electrons. The number of imidazole rings is 1. The van der Waals surface area contributed by atoms with Gasteiger partial charge in [0.05, 0.1) is 12.3 Å². The van der Waals surface area contributed by atoms with E-state index in [1.807, 2.05) is 13.2 Å². The molecule has 1 fully saturated rings. The molecule has 0 saturated carbocycles. The van der Waals surface area contributed by atoms with E-state index in [2.05, 4.69) is 15.3 Å². The Bertz CT molecular complexity index is 486. The van der Waals surface area contributed by atoms with Gasteiger partial charge in [0, 0.05) is 25.5 Å². The molecule has 1 aliphatic heterocycles. The largest absolute Gasteiger partial charge is 0.347 e. The first kappa shape index (κ1) is 14.5. The van der Waals surface area contributed by atoms with E-state index < -0.39 is 10.0 Å². The molecule has 2 unspecified atom stereocenters. The predicted molar refractivity (Wildman–Crippen MR) is 74.1 cm³/mol. The highest BCUT2D eigenvalue weighted by molar-refractivity contribution is 7.88. The van der Waals surface area contributed by atoms with Crippen molar-refractivity contribution in [3.05, 3.63) is 18.2 Å². The summed E-state index contributed by atoms with van der Waals surface area (Å²) in [5.74, 6) is 1.30. The second-order valence-corrected chi connectivity index (χ2v) is 7.16. The number of nitrogens with zero attached hydrogens (tertiary/aromatic N) is 2. The van der Waals surface area contributed by atoms with Crippen LogP contribution in [0.25, 0.3) is 0 Å². The number of piperidine rings is 1. The number of rotatable bonds is 5. The number of aromatic nitrogens is 2. The zero-order chi connectivity index (χ0) is 13.9. The quantitative estimate of drug-likeness (QED) is 0.836. The Morgan fingerprint density at radius 3 is 3.00 bits per heavy atom. The van der Waals surface area contributed by atoms with Gasteiger partial charge in [0.15, 0.2) is 0 Å². The van der Waals surface area contributed by atoms with E-state index in [1.165, 1.54) is 6.26 Å². The molecule has 7 heteroatoms. The van der Waals surface area contributed by atoms with Gasteiger partial charge in [-0.2, -0.15) is 0 Å². The number of nitrogens with one attached hydrogen (secondary N) is 2. The summed E-state index contributed by atoms with van der Waals surface area (Å²) < 4.78 is 24.8. The molecule has 108 valence electrons. The maximum Gasteiger partial charge on any atom is 0.211 e. The van der Waals surface area contributed by atoms with Crippen LogP contribution in [-0.4, -0.2) is 49.1 Å². The normalized spacial score (nSPS) is 23.4. The number of hydrogen-bond acceptors (Lipinski definition) is 4. The topological polar surface area (TPSA) is 78.1 Å². The van der Waals surface area contributed by atoms with Crippen molar-refractivity contribution >= 4 is 10.0 Å². The average Bonchev–Trinajstić information content (AvgIpc) is 2.89. The minimum absolute atomic E-state index is 0.152. The van der Waals surface area contributed by atoms with Crippen LogP contribution in [0.5, 0.6) is 0 Å². The van der Waals surface area contributed by atoms with Gasteiger partial charge < -0.3 is 10.3 Å². The van der Waals surface area contributed by atoms with Gasteiger partial charge in [0.25, 0.3) is 0 Å². The first-order valence-corrected chi connectivity index (χ1v) is 8.47. The Kier molecular flexibility index (Phi) is 4.59. The third kappa shape index (κ3) is 3.77. The van der Waals surface area contributed by atoms with Crippen LogP contribution in [0, 0.1) is 5.92 Å². The third-order valence-electron chi connectivity index (χ3n) is 3.72. The zero-order valence-corrected chi connectivity index (χ0v) is 12.3. The van der Waals surface area contributed by atoms with Crippen LogP contribution < -0.4 is 5.32 Å². The Hall–Kier alpha value is -0.920. The summed E-state index contributed by atoms with van der Waals surface area (Å²) in [6, 6.07) is 0.152. The molecule has 0 bridgehead atoms. The van der Waals surface area contributed by atoms with Gasteiger partial charge in [-0.1, -0.05) is 0 Å². The minimum atomic E-state index is -3.07. The van der Waals surface area contributed by atoms with Gasteiger partial charge in [-0.05, 0) is 32.2 Å². The van der Waals surface area contributed by atoms with E-state index in [9.17, 15) is 8.42 Å². The fraction of sp³-hybridized carbons (Fsp3) is 0.750. The average molecular weight is 286 g/mol. The van der Waals surface area contributed by atoms with Crippen LogP contribution in [0.2, 0.25) is 0 Å².